The van der Waals surface area contributed by atoms with E-state index in [9.17, 15) is 13.2 Å². The topological polar surface area (TPSA) is 70.6 Å². The Labute approximate surface area is 141 Å². The summed E-state index contributed by atoms with van der Waals surface area (Å²) in [6, 6.07) is 10.4. The molecular weight excluding hydrogens is 326 g/mol. The Morgan fingerprint density at radius 1 is 1.29 bits per heavy atom. The molecule has 0 bridgehead atoms. The van der Waals surface area contributed by atoms with E-state index < -0.39 is 10.0 Å². The Hall–Kier alpha value is -2.25. The number of sulfonamides is 1. The first kappa shape index (κ1) is 16.6. The zero-order chi connectivity index (χ0) is 17.3. The van der Waals surface area contributed by atoms with Crippen LogP contribution >= 0.6 is 0 Å². The lowest BCUT2D eigenvalue weighted by molar-refractivity contribution is -0.116. The van der Waals surface area contributed by atoms with Gasteiger partial charge in [-0.15, -0.1) is 0 Å². The third-order valence-corrected chi connectivity index (χ3v) is 5.94. The molecule has 3 rings (SSSR count). The largest absolute Gasteiger partial charge is 0.312 e. The molecule has 24 heavy (non-hydrogen) atoms. The smallest absolute Gasteiger partial charge is 0.243 e. The summed E-state index contributed by atoms with van der Waals surface area (Å²) in [6.45, 7) is 2.32. The van der Waals surface area contributed by atoms with Crippen LogP contribution in [-0.4, -0.2) is 37.2 Å². The van der Waals surface area contributed by atoms with E-state index >= 15 is 0 Å². The second kappa shape index (κ2) is 6.33. The van der Waals surface area contributed by atoms with E-state index in [-0.39, 0.29) is 17.3 Å². The summed E-state index contributed by atoms with van der Waals surface area (Å²) in [4.78, 5) is 17.7. The number of amides is 1. The summed E-state index contributed by atoms with van der Waals surface area (Å²) >= 11 is 0. The van der Waals surface area contributed by atoms with Gasteiger partial charge >= 0.3 is 0 Å². The number of pyridine rings is 1. The van der Waals surface area contributed by atoms with E-state index in [4.69, 9.17) is 0 Å². The Balaban J connectivity index is 1.87. The molecule has 2 aromatic rings. The Kier molecular flexibility index (Phi) is 4.38. The fraction of sp³-hybridized carbons (Fsp3) is 0.294. The van der Waals surface area contributed by atoms with Crippen LogP contribution in [0.25, 0.3) is 0 Å². The lowest BCUT2D eigenvalue weighted by atomic mass is 10.2. The monoisotopic (exact) mass is 345 g/mol. The molecule has 6 nitrogen and oxygen atoms in total. The molecule has 7 heteroatoms. The molecule has 0 aliphatic carbocycles. The van der Waals surface area contributed by atoms with Crippen LogP contribution in [0.5, 0.6) is 0 Å². The van der Waals surface area contributed by atoms with E-state index in [2.05, 4.69) is 4.98 Å². The number of nitrogens with zero attached hydrogens (tertiary/aromatic N) is 3. The molecule has 2 heterocycles. The predicted octanol–water partition coefficient (Wildman–Crippen LogP) is 1.81. The molecule has 0 radical (unpaired) electrons. The number of anilines is 1. The highest BCUT2D eigenvalue weighted by molar-refractivity contribution is 7.89. The van der Waals surface area contributed by atoms with Gasteiger partial charge < -0.3 is 4.90 Å². The minimum atomic E-state index is -3.61. The average molecular weight is 345 g/mol. The van der Waals surface area contributed by atoms with Crippen molar-refractivity contribution in [1.29, 1.82) is 0 Å². The van der Waals surface area contributed by atoms with Gasteiger partial charge in [-0.25, -0.2) is 8.42 Å². The summed E-state index contributed by atoms with van der Waals surface area (Å²) in [5, 5.41) is 0. The van der Waals surface area contributed by atoms with Crippen molar-refractivity contribution >= 4 is 21.6 Å². The number of aromatic nitrogens is 1. The van der Waals surface area contributed by atoms with Crippen molar-refractivity contribution in [2.75, 3.05) is 18.5 Å². The van der Waals surface area contributed by atoms with Crippen molar-refractivity contribution in [2.24, 2.45) is 0 Å². The number of carbonyl (C=O) groups excluding carboxylic acids is 1. The number of carbonyl (C=O) groups is 1. The summed E-state index contributed by atoms with van der Waals surface area (Å²) < 4.78 is 26.8. The van der Waals surface area contributed by atoms with Crippen molar-refractivity contribution in [3.8, 4) is 0 Å². The number of fused-ring (bicyclic) bond motifs is 1. The maximum absolute atomic E-state index is 12.8. The van der Waals surface area contributed by atoms with Crippen LogP contribution < -0.4 is 4.90 Å². The zero-order valence-electron chi connectivity index (χ0n) is 13.6. The van der Waals surface area contributed by atoms with Gasteiger partial charge in [0.05, 0.1) is 17.1 Å². The fourth-order valence-corrected chi connectivity index (χ4v) is 4.04. The van der Waals surface area contributed by atoms with Crippen molar-refractivity contribution in [1.82, 2.24) is 9.29 Å². The van der Waals surface area contributed by atoms with Gasteiger partial charge in [0.15, 0.2) is 0 Å². The molecule has 0 fully saturated rings. The SMILES string of the molecule is CC(=O)N1CCc2cc(S(=O)(=O)N(C)Cc3ccccn3)ccc21. The summed E-state index contributed by atoms with van der Waals surface area (Å²) in [5.74, 6) is -0.0309. The number of hydrogen-bond donors (Lipinski definition) is 0. The Morgan fingerprint density at radius 3 is 2.75 bits per heavy atom. The highest BCUT2D eigenvalue weighted by Crippen LogP contribution is 2.31. The van der Waals surface area contributed by atoms with Crippen LogP contribution in [0.4, 0.5) is 5.69 Å². The average Bonchev–Trinajstić information content (AvgIpc) is 2.99. The van der Waals surface area contributed by atoms with Gasteiger partial charge in [-0.2, -0.15) is 4.31 Å². The molecule has 0 saturated carbocycles. The van der Waals surface area contributed by atoms with Gasteiger partial charge in [0.1, 0.15) is 0 Å². The van der Waals surface area contributed by atoms with Crippen molar-refractivity contribution in [3.05, 3.63) is 53.9 Å². The van der Waals surface area contributed by atoms with E-state index in [1.807, 2.05) is 6.07 Å². The molecule has 126 valence electrons. The quantitative estimate of drug-likeness (QED) is 0.847. The lowest BCUT2D eigenvalue weighted by Gasteiger charge is -2.18. The van der Waals surface area contributed by atoms with E-state index in [1.165, 1.54) is 11.2 Å². The van der Waals surface area contributed by atoms with E-state index in [1.54, 1.807) is 48.5 Å². The number of hydrogen-bond acceptors (Lipinski definition) is 4. The van der Waals surface area contributed by atoms with Gasteiger partial charge in [-0.1, -0.05) is 6.07 Å². The zero-order valence-corrected chi connectivity index (χ0v) is 14.5. The predicted molar refractivity (Wildman–Crippen MR) is 91.1 cm³/mol. The second-order valence-corrected chi connectivity index (χ2v) is 7.84. The minimum Gasteiger partial charge on any atom is -0.312 e. The molecule has 1 aliphatic heterocycles. The Morgan fingerprint density at radius 2 is 2.08 bits per heavy atom. The molecule has 0 unspecified atom stereocenters. The molecule has 1 aliphatic rings. The fourth-order valence-electron chi connectivity index (χ4n) is 2.85. The van der Waals surface area contributed by atoms with E-state index in [0.717, 1.165) is 11.3 Å². The molecule has 0 spiro atoms. The molecule has 0 atom stereocenters. The highest BCUT2D eigenvalue weighted by Gasteiger charge is 2.26. The lowest BCUT2D eigenvalue weighted by Crippen LogP contribution is -2.27. The van der Waals surface area contributed by atoms with Crippen LogP contribution in [-0.2, 0) is 27.8 Å². The van der Waals surface area contributed by atoms with Crippen LogP contribution in [0.3, 0.4) is 0 Å². The first-order valence-electron chi connectivity index (χ1n) is 7.67. The summed E-state index contributed by atoms with van der Waals surface area (Å²) in [6.07, 6.45) is 2.31. The number of rotatable bonds is 4. The molecule has 1 amide bonds. The van der Waals surface area contributed by atoms with Gasteiger partial charge in [0, 0.05) is 32.4 Å². The maximum atomic E-state index is 12.8. The highest BCUT2D eigenvalue weighted by atomic mass is 32.2. The molecule has 1 aromatic carbocycles. The maximum Gasteiger partial charge on any atom is 0.243 e. The number of benzene rings is 1. The van der Waals surface area contributed by atoms with Gasteiger partial charge in [-0.05, 0) is 42.3 Å². The first-order chi connectivity index (χ1) is 11.4. The third kappa shape index (κ3) is 3.05. The minimum absolute atomic E-state index is 0.0309. The molecule has 0 saturated heterocycles. The molecule has 0 N–H and O–H groups in total. The van der Waals surface area contributed by atoms with Crippen LogP contribution in [0.2, 0.25) is 0 Å². The van der Waals surface area contributed by atoms with Crippen LogP contribution in [0, 0.1) is 0 Å². The van der Waals surface area contributed by atoms with Gasteiger partial charge in [0.2, 0.25) is 15.9 Å². The van der Waals surface area contributed by atoms with Crippen LogP contribution in [0.1, 0.15) is 18.2 Å². The van der Waals surface area contributed by atoms with Crippen molar-refractivity contribution < 1.29 is 13.2 Å². The summed E-state index contributed by atoms with van der Waals surface area (Å²) in [5.41, 5.74) is 2.37. The van der Waals surface area contributed by atoms with Crippen LogP contribution in [0.15, 0.2) is 47.5 Å². The third-order valence-electron chi connectivity index (χ3n) is 4.15. The second-order valence-electron chi connectivity index (χ2n) is 5.79. The normalized spacial score (nSPS) is 14.0. The van der Waals surface area contributed by atoms with E-state index in [0.29, 0.717) is 18.7 Å². The van der Waals surface area contributed by atoms with Crippen molar-refractivity contribution in [3.63, 3.8) is 0 Å². The Bertz CT molecular complexity index is 866. The first-order valence-corrected chi connectivity index (χ1v) is 9.11. The standard InChI is InChI=1S/C17H19N3O3S/c1-13(21)20-10-8-14-11-16(6-7-17(14)20)24(22,23)19(2)12-15-5-3-4-9-18-15/h3-7,9,11H,8,10,12H2,1-2H3. The van der Waals surface area contributed by atoms with Gasteiger partial charge in [0.25, 0.3) is 0 Å². The summed E-state index contributed by atoms with van der Waals surface area (Å²) in [7, 11) is -2.07. The molecular formula is C17H19N3O3S. The van der Waals surface area contributed by atoms with Crippen molar-refractivity contribution in [2.45, 2.75) is 24.8 Å². The molecule has 1 aromatic heterocycles. The van der Waals surface area contributed by atoms with Gasteiger partial charge in [-0.3, -0.25) is 9.78 Å².